The minimum absolute atomic E-state index is 0.0608. The van der Waals surface area contributed by atoms with Gasteiger partial charge in [0.2, 0.25) is 5.91 Å². The number of carboxylic acid groups (broad SMARTS) is 1. The number of carbonyl (C=O) groups excluding carboxylic acids is 1. The van der Waals surface area contributed by atoms with E-state index in [1.807, 2.05) is 24.3 Å². The molecule has 0 aliphatic carbocycles. The number of hydrogen-bond donors (Lipinski definition) is 3. The lowest BCUT2D eigenvalue weighted by molar-refractivity contribution is -0.137. The monoisotopic (exact) mass is 252 g/mol. The SMILES string of the molecule is COc1ccccc1CNCC(=O)NCC(=O)O. The number of para-hydroxylation sites is 1. The molecule has 0 aromatic heterocycles. The van der Waals surface area contributed by atoms with E-state index in [0.29, 0.717) is 6.54 Å². The van der Waals surface area contributed by atoms with Crippen LogP contribution < -0.4 is 15.4 Å². The van der Waals surface area contributed by atoms with Crippen LogP contribution >= 0.6 is 0 Å². The van der Waals surface area contributed by atoms with Crippen LogP contribution in [0.5, 0.6) is 5.75 Å². The van der Waals surface area contributed by atoms with Gasteiger partial charge < -0.3 is 20.5 Å². The van der Waals surface area contributed by atoms with Gasteiger partial charge >= 0.3 is 5.97 Å². The standard InChI is InChI=1S/C12H16N2O4/c1-18-10-5-3-2-4-9(10)6-13-7-11(15)14-8-12(16)17/h2-5,13H,6-8H2,1H3,(H,14,15)(H,16,17). The van der Waals surface area contributed by atoms with Crippen LogP contribution in [0.15, 0.2) is 24.3 Å². The molecular weight excluding hydrogens is 236 g/mol. The number of carbonyl (C=O) groups is 2. The Balaban J connectivity index is 2.33. The highest BCUT2D eigenvalue weighted by molar-refractivity contribution is 5.82. The Morgan fingerprint density at radius 3 is 2.67 bits per heavy atom. The summed E-state index contributed by atoms with van der Waals surface area (Å²) in [4.78, 5) is 21.5. The maximum absolute atomic E-state index is 11.2. The first-order valence-corrected chi connectivity index (χ1v) is 5.44. The molecular formula is C12H16N2O4. The minimum atomic E-state index is -1.06. The Morgan fingerprint density at radius 2 is 2.00 bits per heavy atom. The number of methoxy groups -OCH3 is 1. The van der Waals surface area contributed by atoms with E-state index in [4.69, 9.17) is 9.84 Å². The summed E-state index contributed by atoms with van der Waals surface area (Å²) in [7, 11) is 1.58. The largest absolute Gasteiger partial charge is 0.496 e. The summed E-state index contributed by atoms with van der Waals surface area (Å²) in [6.07, 6.45) is 0. The molecule has 1 rings (SSSR count). The fraction of sp³-hybridized carbons (Fsp3) is 0.333. The number of amides is 1. The molecule has 0 saturated carbocycles. The van der Waals surface area contributed by atoms with Gasteiger partial charge in [-0.15, -0.1) is 0 Å². The van der Waals surface area contributed by atoms with E-state index in [0.717, 1.165) is 11.3 Å². The predicted octanol–water partition coefficient (Wildman–Crippen LogP) is -0.0144. The second-order valence-electron chi connectivity index (χ2n) is 3.59. The summed E-state index contributed by atoms with van der Waals surface area (Å²) in [5.74, 6) is -0.670. The third-order valence-corrected chi connectivity index (χ3v) is 2.23. The maximum Gasteiger partial charge on any atom is 0.322 e. The molecule has 6 heteroatoms. The molecule has 0 fully saturated rings. The highest BCUT2D eigenvalue weighted by Crippen LogP contribution is 2.16. The van der Waals surface area contributed by atoms with Crippen LogP contribution in [0.2, 0.25) is 0 Å². The Bertz CT molecular complexity index is 420. The van der Waals surface area contributed by atoms with E-state index in [2.05, 4.69) is 10.6 Å². The van der Waals surface area contributed by atoms with Gasteiger partial charge in [0, 0.05) is 12.1 Å². The van der Waals surface area contributed by atoms with Crippen molar-refractivity contribution in [1.29, 1.82) is 0 Å². The van der Waals surface area contributed by atoms with Crippen molar-refractivity contribution in [2.75, 3.05) is 20.2 Å². The average Bonchev–Trinajstić information content (AvgIpc) is 2.37. The lowest BCUT2D eigenvalue weighted by Gasteiger charge is -2.09. The van der Waals surface area contributed by atoms with Crippen molar-refractivity contribution in [3.05, 3.63) is 29.8 Å². The molecule has 0 heterocycles. The minimum Gasteiger partial charge on any atom is -0.496 e. The van der Waals surface area contributed by atoms with Crippen LogP contribution in [0.1, 0.15) is 5.56 Å². The molecule has 0 atom stereocenters. The third kappa shape index (κ3) is 4.84. The van der Waals surface area contributed by atoms with E-state index in [1.165, 1.54) is 0 Å². The van der Waals surface area contributed by atoms with Gasteiger partial charge in [-0.2, -0.15) is 0 Å². The zero-order chi connectivity index (χ0) is 13.4. The lowest BCUT2D eigenvalue weighted by Crippen LogP contribution is -2.36. The van der Waals surface area contributed by atoms with Crippen molar-refractivity contribution >= 4 is 11.9 Å². The first-order chi connectivity index (χ1) is 8.63. The van der Waals surface area contributed by atoms with Gasteiger partial charge in [0.05, 0.1) is 13.7 Å². The molecule has 0 aliphatic heterocycles. The number of nitrogens with one attached hydrogen (secondary N) is 2. The van der Waals surface area contributed by atoms with Crippen molar-refractivity contribution in [3.8, 4) is 5.75 Å². The first-order valence-electron chi connectivity index (χ1n) is 5.44. The van der Waals surface area contributed by atoms with E-state index in [1.54, 1.807) is 7.11 Å². The summed E-state index contributed by atoms with van der Waals surface area (Å²) in [6, 6.07) is 7.47. The highest BCUT2D eigenvalue weighted by Gasteiger charge is 2.05. The first kappa shape index (κ1) is 14.0. The fourth-order valence-corrected chi connectivity index (χ4v) is 1.40. The van der Waals surface area contributed by atoms with Gasteiger partial charge in [-0.05, 0) is 6.07 Å². The number of benzene rings is 1. The highest BCUT2D eigenvalue weighted by atomic mass is 16.5. The average molecular weight is 252 g/mol. The van der Waals surface area contributed by atoms with Crippen LogP contribution in [-0.4, -0.2) is 37.2 Å². The lowest BCUT2D eigenvalue weighted by atomic mass is 10.2. The van der Waals surface area contributed by atoms with Crippen molar-refractivity contribution < 1.29 is 19.4 Å². The van der Waals surface area contributed by atoms with Gasteiger partial charge in [0.1, 0.15) is 12.3 Å². The summed E-state index contributed by atoms with van der Waals surface area (Å²) in [6.45, 7) is 0.172. The Morgan fingerprint density at radius 1 is 1.28 bits per heavy atom. The maximum atomic E-state index is 11.2. The van der Waals surface area contributed by atoms with Gasteiger partial charge in [-0.25, -0.2) is 0 Å². The van der Waals surface area contributed by atoms with Crippen LogP contribution in [-0.2, 0) is 16.1 Å². The van der Waals surface area contributed by atoms with Crippen LogP contribution in [0.3, 0.4) is 0 Å². The third-order valence-electron chi connectivity index (χ3n) is 2.23. The smallest absolute Gasteiger partial charge is 0.322 e. The number of aliphatic carboxylic acids is 1. The van der Waals surface area contributed by atoms with Gasteiger partial charge in [-0.3, -0.25) is 9.59 Å². The molecule has 18 heavy (non-hydrogen) atoms. The molecule has 0 spiro atoms. The number of ether oxygens (including phenoxy) is 1. The number of hydrogen-bond acceptors (Lipinski definition) is 4. The summed E-state index contributed by atoms with van der Waals surface area (Å²) < 4.78 is 5.16. The van der Waals surface area contributed by atoms with Crippen LogP contribution in [0.25, 0.3) is 0 Å². The molecule has 0 radical (unpaired) electrons. The van der Waals surface area contributed by atoms with Crippen molar-refractivity contribution in [1.82, 2.24) is 10.6 Å². The van der Waals surface area contributed by atoms with E-state index in [-0.39, 0.29) is 19.0 Å². The van der Waals surface area contributed by atoms with Crippen LogP contribution in [0.4, 0.5) is 0 Å². The molecule has 3 N–H and O–H groups in total. The fourth-order valence-electron chi connectivity index (χ4n) is 1.40. The molecule has 0 saturated heterocycles. The van der Waals surface area contributed by atoms with Crippen LogP contribution in [0, 0.1) is 0 Å². The molecule has 0 unspecified atom stereocenters. The summed E-state index contributed by atoms with van der Waals surface area (Å²) in [5.41, 5.74) is 0.936. The Kier molecular flexibility index (Phi) is 5.66. The van der Waals surface area contributed by atoms with Gasteiger partial charge in [0.15, 0.2) is 0 Å². The van der Waals surface area contributed by atoms with Gasteiger partial charge in [-0.1, -0.05) is 18.2 Å². The second-order valence-corrected chi connectivity index (χ2v) is 3.59. The van der Waals surface area contributed by atoms with E-state index in [9.17, 15) is 9.59 Å². The summed E-state index contributed by atoms with van der Waals surface area (Å²) in [5, 5.41) is 13.6. The zero-order valence-electron chi connectivity index (χ0n) is 10.1. The summed E-state index contributed by atoms with van der Waals surface area (Å²) >= 11 is 0. The zero-order valence-corrected chi connectivity index (χ0v) is 10.1. The molecule has 98 valence electrons. The Hall–Kier alpha value is -2.08. The molecule has 1 aromatic rings. The van der Waals surface area contributed by atoms with E-state index < -0.39 is 5.97 Å². The molecule has 6 nitrogen and oxygen atoms in total. The van der Waals surface area contributed by atoms with Crippen molar-refractivity contribution in [2.24, 2.45) is 0 Å². The van der Waals surface area contributed by atoms with Crippen molar-refractivity contribution in [2.45, 2.75) is 6.54 Å². The Labute approximate surface area is 105 Å². The number of carboxylic acids is 1. The molecule has 1 amide bonds. The van der Waals surface area contributed by atoms with E-state index >= 15 is 0 Å². The quantitative estimate of drug-likeness (QED) is 0.635. The normalized spacial score (nSPS) is 9.83. The van der Waals surface area contributed by atoms with Crippen molar-refractivity contribution in [3.63, 3.8) is 0 Å². The molecule has 0 aliphatic rings. The number of rotatable bonds is 7. The van der Waals surface area contributed by atoms with Gasteiger partial charge in [0.25, 0.3) is 0 Å². The topological polar surface area (TPSA) is 87.7 Å². The second kappa shape index (κ2) is 7.29. The molecule has 1 aromatic carbocycles. The molecule has 0 bridgehead atoms. The predicted molar refractivity (Wildman–Crippen MR) is 65.3 cm³/mol.